The molecular formula is C16H25FN2O. The summed E-state index contributed by atoms with van der Waals surface area (Å²) < 4.78 is 13.7. The van der Waals surface area contributed by atoms with Gasteiger partial charge in [0.15, 0.2) is 0 Å². The van der Waals surface area contributed by atoms with E-state index in [0.29, 0.717) is 17.2 Å². The average molecular weight is 280 g/mol. The van der Waals surface area contributed by atoms with Gasteiger partial charge >= 0.3 is 0 Å². The van der Waals surface area contributed by atoms with Crippen molar-refractivity contribution in [2.75, 3.05) is 32.1 Å². The van der Waals surface area contributed by atoms with Gasteiger partial charge in [-0.2, -0.15) is 0 Å². The molecule has 1 atom stereocenters. The van der Waals surface area contributed by atoms with Gasteiger partial charge in [0.25, 0.3) is 0 Å². The predicted octanol–water partition coefficient (Wildman–Crippen LogP) is 2.72. The predicted molar refractivity (Wildman–Crippen MR) is 80.7 cm³/mol. The van der Waals surface area contributed by atoms with Crippen molar-refractivity contribution in [2.45, 2.75) is 38.8 Å². The largest absolute Gasteiger partial charge is 0.389 e. The first-order valence-corrected chi connectivity index (χ1v) is 7.29. The Bertz CT molecular complexity index is 468. The SMILES string of the molecule is Cc1cc(N(C)C2CCN(C)CC2)c([C@@H](C)O)cc1F. The molecule has 0 bridgehead atoms. The number of benzene rings is 1. The van der Waals surface area contributed by atoms with Crippen molar-refractivity contribution in [3.8, 4) is 0 Å². The van der Waals surface area contributed by atoms with E-state index < -0.39 is 6.10 Å². The number of nitrogens with zero attached hydrogens (tertiary/aromatic N) is 2. The van der Waals surface area contributed by atoms with Crippen LogP contribution < -0.4 is 4.90 Å². The molecule has 0 amide bonds. The lowest BCUT2D eigenvalue weighted by molar-refractivity contribution is 0.198. The number of anilines is 1. The third-order valence-electron chi connectivity index (χ3n) is 4.37. The smallest absolute Gasteiger partial charge is 0.126 e. The molecule has 1 aromatic rings. The standard InChI is InChI=1S/C16H25FN2O/c1-11-9-16(14(12(2)20)10-15(11)17)19(4)13-5-7-18(3)8-6-13/h9-10,12-13,20H,5-8H2,1-4H3/t12-/m1/s1. The maximum Gasteiger partial charge on any atom is 0.126 e. The molecule has 0 aromatic heterocycles. The van der Waals surface area contributed by atoms with Gasteiger partial charge in [-0.3, -0.25) is 0 Å². The molecule has 0 unspecified atom stereocenters. The molecule has 0 saturated carbocycles. The highest BCUT2D eigenvalue weighted by molar-refractivity contribution is 5.57. The Morgan fingerprint density at radius 3 is 2.50 bits per heavy atom. The first-order chi connectivity index (χ1) is 9.40. The van der Waals surface area contributed by atoms with Crippen LogP contribution in [0.3, 0.4) is 0 Å². The van der Waals surface area contributed by atoms with Crippen molar-refractivity contribution in [2.24, 2.45) is 0 Å². The Labute approximate surface area is 121 Å². The van der Waals surface area contributed by atoms with Crippen LogP contribution in [0.25, 0.3) is 0 Å². The molecule has 0 radical (unpaired) electrons. The van der Waals surface area contributed by atoms with E-state index in [1.165, 1.54) is 6.07 Å². The van der Waals surface area contributed by atoms with E-state index in [0.717, 1.165) is 31.6 Å². The zero-order valence-electron chi connectivity index (χ0n) is 12.9. The number of piperidine rings is 1. The van der Waals surface area contributed by atoms with Gasteiger partial charge in [-0.25, -0.2) is 4.39 Å². The Hall–Kier alpha value is -1.13. The topological polar surface area (TPSA) is 26.7 Å². The minimum atomic E-state index is -0.659. The lowest BCUT2D eigenvalue weighted by Crippen LogP contribution is -2.42. The summed E-state index contributed by atoms with van der Waals surface area (Å²) in [5, 5.41) is 9.91. The second-order valence-electron chi connectivity index (χ2n) is 5.98. The lowest BCUT2D eigenvalue weighted by atomic mass is 9.99. The molecule has 1 aromatic carbocycles. The highest BCUT2D eigenvalue weighted by Crippen LogP contribution is 2.31. The average Bonchev–Trinajstić information content (AvgIpc) is 2.41. The number of hydrogen-bond acceptors (Lipinski definition) is 3. The number of halogens is 1. The summed E-state index contributed by atoms with van der Waals surface area (Å²) in [5.74, 6) is -0.249. The zero-order chi connectivity index (χ0) is 14.9. The summed E-state index contributed by atoms with van der Waals surface area (Å²) in [6.45, 7) is 5.63. The molecule has 112 valence electrons. The molecule has 1 saturated heterocycles. The second-order valence-corrected chi connectivity index (χ2v) is 5.98. The summed E-state index contributed by atoms with van der Waals surface area (Å²) >= 11 is 0. The molecule has 20 heavy (non-hydrogen) atoms. The van der Waals surface area contributed by atoms with Gasteiger partial charge in [-0.15, -0.1) is 0 Å². The van der Waals surface area contributed by atoms with Crippen molar-refractivity contribution >= 4 is 5.69 Å². The Morgan fingerprint density at radius 2 is 1.95 bits per heavy atom. The third kappa shape index (κ3) is 3.13. The van der Waals surface area contributed by atoms with Gasteiger partial charge < -0.3 is 14.9 Å². The fourth-order valence-corrected chi connectivity index (χ4v) is 2.90. The van der Waals surface area contributed by atoms with E-state index in [2.05, 4.69) is 23.9 Å². The monoisotopic (exact) mass is 280 g/mol. The molecule has 1 aliphatic heterocycles. The zero-order valence-corrected chi connectivity index (χ0v) is 12.9. The van der Waals surface area contributed by atoms with Crippen LogP contribution in [0, 0.1) is 12.7 Å². The van der Waals surface area contributed by atoms with E-state index in [4.69, 9.17) is 0 Å². The molecule has 0 aliphatic carbocycles. The van der Waals surface area contributed by atoms with Crippen molar-refractivity contribution in [1.29, 1.82) is 0 Å². The van der Waals surface area contributed by atoms with Gasteiger partial charge in [0.05, 0.1) is 6.10 Å². The Morgan fingerprint density at radius 1 is 1.35 bits per heavy atom. The Kier molecular flexibility index (Phi) is 4.66. The van der Waals surface area contributed by atoms with Gasteiger partial charge in [0, 0.05) is 24.3 Å². The molecule has 3 nitrogen and oxygen atoms in total. The van der Waals surface area contributed by atoms with Crippen LogP contribution in [-0.2, 0) is 0 Å². The van der Waals surface area contributed by atoms with E-state index in [1.54, 1.807) is 13.8 Å². The maximum atomic E-state index is 13.7. The molecule has 0 spiro atoms. The number of likely N-dealkylation sites (tertiary alicyclic amines) is 1. The Balaban J connectivity index is 2.28. The quantitative estimate of drug-likeness (QED) is 0.922. The van der Waals surface area contributed by atoms with Crippen molar-refractivity contribution in [3.63, 3.8) is 0 Å². The van der Waals surface area contributed by atoms with Crippen LogP contribution >= 0.6 is 0 Å². The summed E-state index contributed by atoms with van der Waals surface area (Å²) in [6.07, 6.45) is 1.54. The van der Waals surface area contributed by atoms with E-state index >= 15 is 0 Å². The first-order valence-electron chi connectivity index (χ1n) is 7.29. The highest BCUT2D eigenvalue weighted by Gasteiger charge is 2.24. The minimum Gasteiger partial charge on any atom is -0.389 e. The van der Waals surface area contributed by atoms with Gasteiger partial charge in [0.2, 0.25) is 0 Å². The van der Waals surface area contributed by atoms with Crippen LogP contribution in [0.2, 0.25) is 0 Å². The van der Waals surface area contributed by atoms with Gasteiger partial charge in [-0.1, -0.05) is 0 Å². The molecule has 1 heterocycles. The normalized spacial score (nSPS) is 19.1. The molecule has 1 fully saturated rings. The first kappa shape index (κ1) is 15.3. The summed E-state index contributed by atoms with van der Waals surface area (Å²) in [6, 6.07) is 3.78. The highest BCUT2D eigenvalue weighted by atomic mass is 19.1. The summed E-state index contributed by atoms with van der Waals surface area (Å²) in [5.41, 5.74) is 2.26. The number of hydrogen-bond donors (Lipinski definition) is 1. The van der Waals surface area contributed by atoms with E-state index in [1.807, 2.05) is 6.07 Å². The fraction of sp³-hybridized carbons (Fsp3) is 0.625. The van der Waals surface area contributed by atoms with E-state index in [-0.39, 0.29) is 5.82 Å². The van der Waals surface area contributed by atoms with Gasteiger partial charge in [0.1, 0.15) is 5.82 Å². The molecule has 1 aliphatic rings. The van der Waals surface area contributed by atoms with Crippen LogP contribution in [0.4, 0.5) is 10.1 Å². The summed E-state index contributed by atoms with van der Waals surface area (Å²) in [4.78, 5) is 4.54. The van der Waals surface area contributed by atoms with Crippen LogP contribution in [0.15, 0.2) is 12.1 Å². The molecule has 4 heteroatoms. The number of aryl methyl sites for hydroxylation is 1. The van der Waals surface area contributed by atoms with Crippen molar-refractivity contribution in [3.05, 3.63) is 29.1 Å². The maximum absolute atomic E-state index is 13.7. The molecular weight excluding hydrogens is 255 g/mol. The third-order valence-corrected chi connectivity index (χ3v) is 4.37. The minimum absolute atomic E-state index is 0.249. The number of aliphatic hydroxyl groups excluding tert-OH is 1. The van der Waals surface area contributed by atoms with E-state index in [9.17, 15) is 9.50 Å². The summed E-state index contributed by atoms with van der Waals surface area (Å²) in [7, 11) is 4.19. The second kappa shape index (κ2) is 6.10. The van der Waals surface area contributed by atoms with Crippen molar-refractivity contribution < 1.29 is 9.50 Å². The van der Waals surface area contributed by atoms with Crippen LogP contribution in [-0.4, -0.2) is 43.2 Å². The van der Waals surface area contributed by atoms with Crippen LogP contribution in [0.1, 0.15) is 37.0 Å². The van der Waals surface area contributed by atoms with Gasteiger partial charge in [-0.05, 0) is 64.5 Å². The molecule has 1 N–H and O–H groups in total. The fourth-order valence-electron chi connectivity index (χ4n) is 2.90. The number of rotatable bonds is 3. The van der Waals surface area contributed by atoms with Crippen molar-refractivity contribution in [1.82, 2.24) is 4.90 Å². The lowest BCUT2D eigenvalue weighted by Gasteiger charge is -2.37. The van der Waals surface area contributed by atoms with Crippen LogP contribution in [0.5, 0.6) is 0 Å². The number of aliphatic hydroxyl groups is 1. The molecule has 2 rings (SSSR count).